The summed E-state index contributed by atoms with van der Waals surface area (Å²) in [6, 6.07) is 0.345. The second-order valence-corrected chi connectivity index (χ2v) is 4.20. The van der Waals surface area contributed by atoms with E-state index in [-0.39, 0.29) is 11.9 Å². The molecule has 1 saturated carbocycles. The molecule has 0 spiro atoms. The Kier molecular flexibility index (Phi) is 5.69. The molecule has 15 heavy (non-hydrogen) atoms. The minimum Gasteiger partial charge on any atom is -0.466 e. The zero-order chi connectivity index (χ0) is 11.1. The predicted octanol–water partition coefficient (Wildman–Crippen LogP) is 2.11. The van der Waals surface area contributed by atoms with Crippen LogP contribution in [0.1, 0.15) is 46.0 Å². The third-order valence-electron chi connectivity index (χ3n) is 3.01. The van der Waals surface area contributed by atoms with Gasteiger partial charge in [-0.1, -0.05) is 19.8 Å². The maximum Gasteiger partial charge on any atom is 0.310 e. The number of nitrogens with one attached hydrogen (secondary N) is 1. The molecule has 0 saturated heterocycles. The Balaban J connectivity index is 2.45. The summed E-state index contributed by atoms with van der Waals surface area (Å²) in [4.78, 5) is 11.7. The van der Waals surface area contributed by atoms with Gasteiger partial charge in [0, 0.05) is 6.04 Å². The van der Waals surface area contributed by atoms with Crippen LogP contribution >= 0.6 is 0 Å². The molecule has 1 fully saturated rings. The van der Waals surface area contributed by atoms with Crippen LogP contribution in [0.5, 0.6) is 0 Å². The van der Waals surface area contributed by atoms with Gasteiger partial charge in [0.2, 0.25) is 0 Å². The summed E-state index contributed by atoms with van der Waals surface area (Å²) in [5.41, 5.74) is 0. The van der Waals surface area contributed by atoms with E-state index in [1.54, 1.807) is 0 Å². The molecule has 0 aromatic carbocycles. The number of ether oxygens (including phenoxy) is 1. The highest BCUT2D eigenvalue weighted by Crippen LogP contribution is 2.25. The van der Waals surface area contributed by atoms with Crippen LogP contribution in [0, 0.1) is 5.92 Å². The molecule has 0 radical (unpaired) electrons. The van der Waals surface area contributed by atoms with Gasteiger partial charge in [0.15, 0.2) is 0 Å². The van der Waals surface area contributed by atoms with Crippen LogP contribution in [0.25, 0.3) is 0 Å². The van der Waals surface area contributed by atoms with Crippen LogP contribution in [-0.2, 0) is 9.53 Å². The third-order valence-corrected chi connectivity index (χ3v) is 3.01. The lowest BCUT2D eigenvalue weighted by atomic mass is 9.84. The Hall–Kier alpha value is -0.570. The average molecular weight is 213 g/mol. The zero-order valence-corrected chi connectivity index (χ0v) is 9.92. The van der Waals surface area contributed by atoms with Gasteiger partial charge in [0.25, 0.3) is 0 Å². The molecule has 88 valence electrons. The number of carbonyl (C=O) groups is 1. The summed E-state index contributed by atoms with van der Waals surface area (Å²) in [6.07, 6.45) is 5.61. The van der Waals surface area contributed by atoms with Crippen molar-refractivity contribution in [2.45, 2.75) is 52.0 Å². The number of hydrogen-bond acceptors (Lipinski definition) is 3. The molecule has 2 unspecified atom stereocenters. The van der Waals surface area contributed by atoms with Crippen LogP contribution in [0.3, 0.4) is 0 Å². The van der Waals surface area contributed by atoms with Gasteiger partial charge in [-0.3, -0.25) is 4.79 Å². The van der Waals surface area contributed by atoms with Gasteiger partial charge < -0.3 is 10.1 Å². The molecule has 3 nitrogen and oxygen atoms in total. The van der Waals surface area contributed by atoms with Crippen molar-refractivity contribution >= 4 is 5.97 Å². The summed E-state index contributed by atoms with van der Waals surface area (Å²) < 4.78 is 5.11. The monoisotopic (exact) mass is 213 g/mol. The summed E-state index contributed by atoms with van der Waals surface area (Å²) in [5.74, 6) is 0.0797. The Bertz CT molecular complexity index is 194. The van der Waals surface area contributed by atoms with Crippen molar-refractivity contribution in [1.82, 2.24) is 5.32 Å². The van der Waals surface area contributed by atoms with Crippen molar-refractivity contribution in [3.63, 3.8) is 0 Å². The van der Waals surface area contributed by atoms with Gasteiger partial charge in [-0.15, -0.1) is 0 Å². The van der Waals surface area contributed by atoms with E-state index in [9.17, 15) is 4.79 Å². The van der Waals surface area contributed by atoms with Crippen molar-refractivity contribution in [3.05, 3.63) is 0 Å². The predicted molar refractivity (Wildman–Crippen MR) is 60.7 cm³/mol. The third kappa shape index (κ3) is 3.82. The van der Waals surface area contributed by atoms with Crippen LogP contribution in [0.15, 0.2) is 0 Å². The van der Waals surface area contributed by atoms with Gasteiger partial charge in [0.05, 0.1) is 12.5 Å². The second-order valence-electron chi connectivity index (χ2n) is 4.20. The highest BCUT2D eigenvalue weighted by molar-refractivity contribution is 5.73. The van der Waals surface area contributed by atoms with E-state index in [4.69, 9.17) is 4.74 Å². The number of carbonyl (C=O) groups excluding carboxylic acids is 1. The van der Waals surface area contributed by atoms with Gasteiger partial charge in [-0.05, 0) is 32.7 Å². The second kappa shape index (κ2) is 6.83. The Morgan fingerprint density at radius 1 is 1.33 bits per heavy atom. The van der Waals surface area contributed by atoms with E-state index >= 15 is 0 Å². The van der Waals surface area contributed by atoms with Crippen LogP contribution in [0.2, 0.25) is 0 Å². The Morgan fingerprint density at radius 2 is 2.07 bits per heavy atom. The van der Waals surface area contributed by atoms with Crippen molar-refractivity contribution in [2.24, 2.45) is 5.92 Å². The van der Waals surface area contributed by atoms with Crippen LogP contribution < -0.4 is 5.32 Å². The topological polar surface area (TPSA) is 38.3 Å². The van der Waals surface area contributed by atoms with E-state index in [2.05, 4.69) is 12.2 Å². The fraction of sp³-hybridized carbons (Fsp3) is 0.917. The molecule has 1 rings (SSSR count). The van der Waals surface area contributed by atoms with Crippen LogP contribution in [0.4, 0.5) is 0 Å². The number of rotatable bonds is 5. The molecule has 1 aliphatic carbocycles. The summed E-state index contributed by atoms with van der Waals surface area (Å²) in [5, 5.41) is 3.46. The summed E-state index contributed by atoms with van der Waals surface area (Å²) >= 11 is 0. The highest BCUT2D eigenvalue weighted by Gasteiger charge is 2.31. The lowest BCUT2D eigenvalue weighted by molar-refractivity contribution is -0.150. The smallest absolute Gasteiger partial charge is 0.310 e. The summed E-state index contributed by atoms with van der Waals surface area (Å²) in [7, 11) is 0. The molecule has 0 aliphatic heterocycles. The molecule has 0 amide bonds. The first-order valence-electron chi connectivity index (χ1n) is 6.19. The first-order valence-corrected chi connectivity index (χ1v) is 6.19. The molecule has 0 aromatic rings. The van der Waals surface area contributed by atoms with Gasteiger partial charge >= 0.3 is 5.97 Å². The number of esters is 1. The molecular formula is C12H23NO2. The van der Waals surface area contributed by atoms with Crippen molar-refractivity contribution in [2.75, 3.05) is 13.2 Å². The normalized spacial score (nSPS) is 26.3. The van der Waals surface area contributed by atoms with E-state index in [0.717, 1.165) is 32.2 Å². The maximum absolute atomic E-state index is 11.7. The molecule has 0 bridgehead atoms. The molecule has 3 heteroatoms. The van der Waals surface area contributed by atoms with E-state index < -0.39 is 0 Å². The van der Waals surface area contributed by atoms with Gasteiger partial charge in [-0.25, -0.2) is 0 Å². The SMILES string of the molecule is CCCNC1CCCCC1C(=O)OCC. The van der Waals surface area contributed by atoms with E-state index in [1.165, 1.54) is 6.42 Å². The molecule has 1 aliphatic rings. The maximum atomic E-state index is 11.7. The molecule has 2 atom stereocenters. The van der Waals surface area contributed by atoms with Gasteiger partial charge in [-0.2, -0.15) is 0 Å². The lowest BCUT2D eigenvalue weighted by Crippen LogP contribution is -2.43. The van der Waals surface area contributed by atoms with Crippen molar-refractivity contribution < 1.29 is 9.53 Å². The highest BCUT2D eigenvalue weighted by atomic mass is 16.5. The van der Waals surface area contributed by atoms with Crippen molar-refractivity contribution in [3.8, 4) is 0 Å². The van der Waals surface area contributed by atoms with Gasteiger partial charge in [0.1, 0.15) is 0 Å². The fourth-order valence-electron chi connectivity index (χ4n) is 2.24. The summed E-state index contributed by atoms with van der Waals surface area (Å²) in [6.45, 7) is 5.51. The Labute approximate surface area is 92.6 Å². The minimum atomic E-state index is -0.00852. The molecule has 0 heterocycles. The first kappa shape index (κ1) is 12.5. The van der Waals surface area contributed by atoms with E-state index in [1.807, 2.05) is 6.92 Å². The molecule has 0 aromatic heterocycles. The zero-order valence-electron chi connectivity index (χ0n) is 9.92. The Morgan fingerprint density at radius 3 is 2.73 bits per heavy atom. The van der Waals surface area contributed by atoms with Crippen molar-refractivity contribution in [1.29, 1.82) is 0 Å². The van der Waals surface area contributed by atoms with E-state index in [0.29, 0.717) is 12.6 Å². The largest absolute Gasteiger partial charge is 0.466 e. The molecule has 1 N–H and O–H groups in total. The first-order chi connectivity index (χ1) is 7.29. The van der Waals surface area contributed by atoms with Crippen LogP contribution in [-0.4, -0.2) is 25.2 Å². The fourth-order valence-corrected chi connectivity index (χ4v) is 2.24. The average Bonchev–Trinajstić information content (AvgIpc) is 2.27. The standard InChI is InChI=1S/C12H23NO2/c1-3-9-13-11-8-6-5-7-10(11)12(14)15-4-2/h10-11,13H,3-9H2,1-2H3. The minimum absolute atomic E-state index is 0.00852. The quantitative estimate of drug-likeness (QED) is 0.711. The number of hydrogen-bond donors (Lipinski definition) is 1. The molecular weight excluding hydrogens is 190 g/mol. The lowest BCUT2D eigenvalue weighted by Gasteiger charge is -2.30.